The summed E-state index contributed by atoms with van der Waals surface area (Å²) in [5.41, 5.74) is -0.296. The third-order valence-corrected chi connectivity index (χ3v) is 5.50. The smallest absolute Gasteiger partial charge is 0.253 e. The van der Waals surface area contributed by atoms with Crippen molar-refractivity contribution in [3.05, 3.63) is 28.8 Å². The van der Waals surface area contributed by atoms with Gasteiger partial charge in [0.25, 0.3) is 5.91 Å². The molecule has 0 unspecified atom stereocenters. The van der Waals surface area contributed by atoms with Gasteiger partial charge >= 0.3 is 0 Å². The number of hydrogen-bond donors (Lipinski definition) is 1. The van der Waals surface area contributed by atoms with Crippen LogP contribution in [0.4, 0.5) is 0 Å². The number of nitrogens with zero attached hydrogens (tertiary/aromatic N) is 1. The highest BCUT2D eigenvalue weighted by atomic mass is 35.5. The van der Waals surface area contributed by atoms with Gasteiger partial charge in [-0.15, -0.1) is 0 Å². The van der Waals surface area contributed by atoms with Crippen LogP contribution in [0.25, 0.3) is 0 Å². The van der Waals surface area contributed by atoms with E-state index < -0.39 is 21.5 Å². The second-order valence-corrected chi connectivity index (χ2v) is 8.71. The predicted octanol–water partition coefficient (Wildman–Crippen LogP) is 1.89. The van der Waals surface area contributed by atoms with Crippen molar-refractivity contribution < 1.29 is 17.9 Å². The summed E-state index contributed by atoms with van der Waals surface area (Å²) in [6.45, 7) is 6.85. The Morgan fingerprint density at radius 2 is 1.87 bits per heavy atom. The van der Waals surface area contributed by atoms with Gasteiger partial charge in [0, 0.05) is 18.6 Å². The summed E-state index contributed by atoms with van der Waals surface area (Å²) in [4.78, 5) is 12.4. The van der Waals surface area contributed by atoms with Gasteiger partial charge in [0.2, 0.25) is 10.0 Å². The van der Waals surface area contributed by atoms with Crippen LogP contribution in [-0.2, 0) is 14.8 Å². The van der Waals surface area contributed by atoms with E-state index in [4.69, 9.17) is 16.3 Å². The molecule has 1 N–H and O–H groups in total. The number of sulfonamides is 1. The highest BCUT2D eigenvalue weighted by Crippen LogP contribution is 2.24. The minimum absolute atomic E-state index is 0.0582. The first-order valence-electron chi connectivity index (χ1n) is 7.31. The fraction of sp³-hybridized carbons (Fsp3) is 0.533. The predicted molar refractivity (Wildman–Crippen MR) is 88.2 cm³/mol. The van der Waals surface area contributed by atoms with Gasteiger partial charge in [-0.3, -0.25) is 4.79 Å². The van der Waals surface area contributed by atoms with Gasteiger partial charge in [0.05, 0.1) is 28.7 Å². The van der Waals surface area contributed by atoms with Crippen LogP contribution < -0.4 is 5.32 Å². The molecule has 1 amide bonds. The van der Waals surface area contributed by atoms with Crippen molar-refractivity contribution >= 4 is 27.5 Å². The third kappa shape index (κ3) is 4.44. The summed E-state index contributed by atoms with van der Waals surface area (Å²) in [5.74, 6) is -0.401. The number of carbonyl (C=O) groups is 1. The minimum atomic E-state index is -3.66. The van der Waals surface area contributed by atoms with Crippen molar-refractivity contribution in [2.24, 2.45) is 0 Å². The number of hydrogen-bond acceptors (Lipinski definition) is 4. The van der Waals surface area contributed by atoms with Crippen LogP contribution in [0.3, 0.4) is 0 Å². The number of halogens is 1. The van der Waals surface area contributed by atoms with Gasteiger partial charge in [-0.25, -0.2) is 8.42 Å². The molecular formula is C15H21ClN2O4S. The van der Waals surface area contributed by atoms with Crippen molar-refractivity contribution in [3.8, 4) is 0 Å². The average Bonchev–Trinajstić information content (AvgIpc) is 2.46. The molecule has 0 atom stereocenters. The van der Waals surface area contributed by atoms with Crippen LogP contribution in [-0.4, -0.2) is 50.5 Å². The Bertz CT molecular complexity index is 692. The summed E-state index contributed by atoms with van der Waals surface area (Å²) in [5, 5.41) is 3.00. The molecule has 1 aliphatic rings. The molecular weight excluding hydrogens is 340 g/mol. The Kier molecular flexibility index (Phi) is 5.35. The molecule has 8 heteroatoms. The number of morpholine rings is 1. The number of nitrogens with one attached hydrogen (secondary N) is 1. The number of benzene rings is 1. The van der Waals surface area contributed by atoms with E-state index in [-0.39, 0.29) is 15.5 Å². The zero-order chi connectivity index (χ0) is 17.3. The normalized spacial score (nSPS) is 17.0. The molecule has 1 aromatic carbocycles. The number of ether oxygens (including phenoxy) is 1. The Labute approximate surface area is 141 Å². The van der Waals surface area contributed by atoms with Crippen LogP contribution in [0, 0.1) is 0 Å². The van der Waals surface area contributed by atoms with Gasteiger partial charge in [-0.05, 0) is 39.0 Å². The SMILES string of the molecule is CC(C)(C)NC(=O)c1cc(S(=O)(=O)N2CCOCC2)ccc1Cl. The van der Waals surface area contributed by atoms with E-state index in [0.29, 0.717) is 26.3 Å². The summed E-state index contributed by atoms with van der Waals surface area (Å²) >= 11 is 6.07. The summed E-state index contributed by atoms with van der Waals surface area (Å²) < 4.78 is 31.8. The molecule has 1 aromatic rings. The van der Waals surface area contributed by atoms with Gasteiger partial charge in [0.1, 0.15) is 0 Å². The molecule has 2 rings (SSSR count). The van der Waals surface area contributed by atoms with Crippen LogP contribution in [0.15, 0.2) is 23.1 Å². The molecule has 1 aliphatic heterocycles. The van der Waals surface area contributed by atoms with Crippen molar-refractivity contribution in [1.82, 2.24) is 9.62 Å². The van der Waals surface area contributed by atoms with Crippen molar-refractivity contribution in [2.45, 2.75) is 31.2 Å². The van der Waals surface area contributed by atoms with Crippen LogP contribution in [0.5, 0.6) is 0 Å². The zero-order valence-electron chi connectivity index (χ0n) is 13.4. The van der Waals surface area contributed by atoms with Gasteiger partial charge in [0.15, 0.2) is 0 Å². The Morgan fingerprint density at radius 3 is 2.43 bits per heavy atom. The van der Waals surface area contributed by atoms with Gasteiger partial charge in [-0.2, -0.15) is 4.31 Å². The van der Waals surface area contributed by atoms with E-state index in [9.17, 15) is 13.2 Å². The molecule has 1 fully saturated rings. The lowest BCUT2D eigenvalue weighted by Gasteiger charge is -2.26. The monoisotopic (exact) mass is 360 g/mol. The number of amides is 1. The topological polar surface area (TPSA) is 75.7 Å². The fourth-order valence-corrected chi connectivity index (χ4v) is 3.82. The van der Waals surface area contributed by atoms with E-state index >= 15 is 0 Å². The first-order valence-corrected chi connectivity index (χ1v) is 9.13. The lowest BCUT2D eigenvalue weighted by molar-refractivity contribution is 0.0730. The molecule has 0 spiro atoms. The summed E-state index contributed by atoms with van der Waals surface area (Å²) in [6, 6.07) is 4.18. The third-order valence-electron chi connectivity index (χ3n) is 3.28. The molecule has 0 aliphatic carbocycles. The van der Waals surface area contributed by atoms with Gasteiger partial charge < -0.3 is 10.1 Å². The fourth-order valence-electron chi connectivity index (χ4n) is 2.18. The average molecular weight is 361 g/mol. The number of carbonyl (C=O) groups excluding carboxylic acids is 1. The van der Waals surface area contributed by atoms with E-state index in [0.717, 1.165) is 0 Å². The van der Waals surface area contributed by atoms with E-state index in [1.807, 2.05) is 20.8 Å². The summed E-state index contributed by atoms with van der Waals surface area (Å²) in [7, 11) is -3.66. The van der Waals surface area contributed by atoms with Crippen LogP contribution >= 0.6 is 11.6 Å². The molecule has 23 heavy (non-hydrogen) atoms. The Morgan fingerprint density at radius 1 is 1.26 bits per heavy atom. The largest absolute Gasteiger partial charge is 0.379 e. The molecule has 1 heterocycles. The van der Waals surface area contributed by atoms with Crippen LogP contribution in [0.1, 0.15) is 31.1 Å². The number of rotatable bonds is 3. The maximum absolute atomic E-state index is 12.7. The maximum Gasteiger partial charge on any atom is 0.253 e. The molecule has 6 nitrogen and oxygen atoms in total. The Hall–Kier alpha value is -1.15. The lowest BCUT2D eigenvalue weighted by Crippen LogP contribution is -2.41. The van der Waals surface area contributed by atoms with E-state index in [2.05, 4.69) is 5.32 Å². The van der Waals surface area contributed by atoms with Gasteiger partial charge in [-0.1, -0.05) is 11.6 Å². The lowest BCUT2D eigenvalue weighted by atomic mass is 10.1. The molecule has 0 radical (unpaired) electrons. The first kappa shape index (κ1) is 18.2. The maximum atomic E-state index is 12.7. The Balaban J connectivity index is 2.34. The van der Waals surface area contributed by atoms with E-state index in [1.165, 1.54) is 22.5 Å². The second-order valence-electron chi connectivity index (χ2n) is 6.36. The zero-order valence-corrected chi connectivity index (χ0v) is 15.0. The minimum Gasteiger partial charge on any atom is -0.379 e. The highest BCUT2D eigenvalue weighted by molar-refractivity contribution is 7.89. The molecule has 128 valence electrons. The molecule has 1 saturated heterocycles. The molecule has 0 saturated carbocycles. The summed E-state index contributed by atoms with van der Waals surface area (Å²) in [6.07, 6.45) is 0. The second kappa shape index (κ2) is 6.76. The van der Waals surface area contributed by atoms with Crippen molar-refractivity contribution in [1.29, 1.82) is 0 Å². The van der Waals surface area contributed by atoms with Crippen molar-refractivity contribution in [2.75, 3.05) is 26.3 Å². The molecule has 0 bridgehead atoms. The van der Waals surface area contributed by atoms with E-state index in [1.54, 1.807) is 0 Å². The van der Waals surface area contributed by atoms with Crippen LogP contribution in [0.2, 0.25) is 5.02 Å². The highest BCUT2D eigenvalue weighted by Gasteiger charge is 2.28. The standard InChI is InChI=1S/C15H21ClN2O4S/c1-15(2,3)17-14(19)12-10-11(4-5-13(12)16)23(20,21)18-6-8-22-9-7-18/h4-5,10H,6-9H2,1-3H3,(H,17,19). The molecule has 0 aromatic heterocycles. The quantitative estimate of drug-likeness (QED) is 0.893. The first-order chi connectivity index (χ1) is 10.6. The van der Waals surface area contributed by atoms with Crippen molar-refractivity contribution in [3.63, 3.8) is 0 Å².